The van der Waals surface area contributed by atoms with E-state index in [-0.39, 0.29) is 0 Å². The van der Waals surface area contributed by atoms with Crippen molar-refractivity contribution in [2.24, 2.45) is 0 Å². The molecule has 2 aromatic rings. The van der Waals surface area contributed by atoms with Gasteiger partial charge in [-0.2, -0.15) is 4.98 Å². The van der Waals surface area contributed by atoms with Crippen molar-refractivity contribution in [3.05, 3.63) is 24.4 Å². The number of hydrogen-bond acceptors (Lipinski definition) is 5. The van der Waals surface area contributed by atoms with Crippen LogP contribution >= 0.6 is 11.6 Å². The van der Waals surface area contributed by atoms with E-state index in [1.54, 1.807) is 18.5 Å². The van der Waals surface area contributed by atoms with Gasteiger partial charge in [-0.05, 0) is 6.07 Å². The van der Waals surface area contributed by atoms with Crippen LogP contribution in [0.2, 0.25) is 0 Å². The molecule has 0 bridgehead atoms. The third-order valence-corrected chi connectivity index (χ3v) is 1.73. The van der Waals surface area contributed by atoms with Crippen LogP contribution in [0, 0.1) is 0 Å². The van der Waals surface area contributed by atoms with Gasteiger partial charge in [-0.3, -0.25) is 0 Å². The van der Waals surface area contributed by atoms with Crippen LogP contribution < -0.4 is 0 Å². The number of aromatic nitrogens is 4. The van der Waals surface area contributed by atoms with Crippen molar-refractivity contribution in [2.45, 2.75) is 6.42 Å². The van der Waals surface area contributed by atoms with Crippen molar-refractivity contribution in [2.75, 3.05) is 5.88 Å². The topological polar surface area (TPSA) is 64.7 Å². The van der Waals surface area contributed by atoms with Crippen LogP contribution in [0.25, 0.3) is 11.6 Å². The minimum Gasteiger partial charge on any atom is -0.339 e. The second kappa shape index (κ2) is 4.15. The SMILES string of the molecule is ClCCc1nc(-c2ncccn2)no1. The second-order valence-corrected chi connectivity index (χ2v) is 2.90. The molecule has 0 amide bonds. The molecule has 0 aromatic carbocycles. The molecule has 5 nitrogen and oxygen atoms in total. The number of halogens is 1. The summed E-state index contributed by atoms with van der Waals surface area (Å²) in [4.78, 5) is 12.1. The van der Waals surface area contributed by atoms with Crippen molar-refractivity contribution in [1.29, 1.82) is 0 Å². The molecule has 2 heterocycles. The maximum Gasteiger partial charge on any atom is 0.240 e. The van der Waals surface area contributed by atoms with E-state index in [0.717, 1.165) is 0 Å². The highest BCUT2D eigenvalue weighted by Gasteiger charge is 2.09. The van der Waals surface area contributed by atoms with Crippen LogP contribution in [-0.4, -0.2) is 26.0 Å². The molecule has 0 aliphatic rings. The third kappa shape index (κ3) is 1.88. The third-order valence-electron chi connectivity index (χ3n) is 1.54. The lowest BCUT2D eigenvalue weighted by Gasteiger charge is -1.88. The molecule has 2 rings (SSSR count). The van der Waals surface area contributed by atoms with Crippen molar-refractivity contribution in [3.63, 3.8) is 0 Å². The molecule has 14 heavy (non-hydrogen) atoms. The molecule has 6 heteroatoms. The normalized spacial score (nSPS) is 10.4. The molecular weight excluding hydrogens is 204 g/mol. The van der Waals surface area contributed by atoms with Gasteiger partial charge in [0.05, 0.1) is 0 Å². The van der Waals surface area contributed by atoms with E-state index in [1.165, 1.54) is 0 Å². The van der Waals surface area contributed by atoms with Gasteiger partial charge in [0.1, 0.15) is 0 Å². The van der Waals surface area contributed by atoms with Crippen molar-refractivity contribution in [1.82, 2.24) is 20.1 Å². The van der Waals surface area contributed by atoms with Crippen LogP contribution in [0.15, 0.2) is 23.0 Å². The summed E-state index contributed by atoms with van der Waals surface area (Å²) in [5.41, 5.74) is 0. The molecule has 2 aromatic heterocycles. The van der Waals surface area contributed by atoms with Gasteiger partial charge >= 0.3 is 0 Å². The molecule has 0 unspecified atom stereocenters. The molecule has 0 atom stereocenters. The Hall–Kier alpha value is -1.49. The zero-order chi connectivity index (χ0) is 9.80. The van der Waals surface area contributed by atoms with Gasteiger partial charge in [0.15, 0.2) is 0 Å². The Labute approximate surface area is 85.1 Å². The standard InChI is InChI=1S/C8H7ClN4O/c9-3-2-6-12-8(13-14-6)7-10-4-1-5-11-7/h1,4-5H,2-3H2. The van der Waals surface area contributed by atoms with E-state index < -0.39 is 0 Å². The van der Waals surface area contributed by atoms with Crippen molar-refractivity contribution >= 4 is 11.6 Å². The molecule has 0 fully saturated rings. The average molecular weight is 211 g/mol. The van der Waals surface area contributed by atoms with E-state index in [9.17, 15) is 0 Å². The quantitative estimate of drug-likeness (QED) is 0.715. The van der Waals surface area contributed by atoms with E-state index in [4.69, 9.17) is 16.1 Å². The summed E-state index contributed by atoms with van der Waals surface area (Å²) in [5.74, 6) is 1.81. The lowest BCUT2D eigenvalue weighted by atomic mass is 10.5. The molecule has 0 N–H and O–H groups in total. The van der Waals surface area contributed by atoms with Gasteiger partial charge in [0.25, 0.3) is 0 Å². The first-order valence-corrected chi connectivity index (χ1v) is 4.59. The summed E-state index contributed by atoms with van der Waals surface area (Å²) < 4.78 is 4.93. The fourth-order valence-corrected chi connectivity index (χ4v) is 1.10. The fraction of sp³-hybridized carbons (Fsp3) is 0.250. The number of rotatable bonds is 3. The highest BCUT2D eigenvalue weighted by atomic mass is 35.5. The molecule has 0 spiro atoms. The van der Waals surface area contributed by atoms with Crippen LogP contribution in [0.1, 0.15) is 5.89 Å². The summed E-state index contributed by atoms with van der Waals surface area (Å²) >= 11 is 5.53. The molecular formula is C8H7ClN4O. The summed E-state index contributed by atoms with van der Waals surface area (Å²) in [5, 5.41) is 3.74. The molecule has 0 aliphatic carbocycles. The first-order valence-electron chi connectivity index (χ1n) is 4.06. The van der Waals surface area contributed by atoms with E-state index in [1.807, 2.05) is 0 Å². The Morgan fingerprint density at radius 1 is 1.21 bits per heavy atom. The predicted octanol–water partition coefficient (Wildman–Crippen LogP) is 1.31. The van der Waals surface area contributed by atoms with Gasteiger partial charge in [-0.1, -0.05) is 5.16 Å². The zero-order valence-corrected chi connectivity index (χ0v) is 7.98. The number of nitrogens with zero attached hydrogens (tertiary/aromatic N) is 4. The highest BCUT2D eigenvalue weighted by Crippen LogP contribution is 2.09. The van der Waals surface area contributed by atoms with Crippen molar-refractivity contribution in [3.8, 4) is 11.6 Å². The summed E-state index contributed by atoms with van der Waals surface area (Å²) in [6.07, 6.45) is 3.81. The van der Waals surface area contributed by atoms with Gasteiger partial charge in [-0.15, -0.1) is 11.6 Å². The largest absolute Gasteiger partial charge is 0.339 e. The van der Waals surface area contributed by atoms with Crippen LogP contribution in [0.4, 0.5) is 0 Å². The highest BCUT2D eigenvalue weighted by molar-refractivity contribution is 6.17. The summed E-state index contributed by atoms with van der Waals surface area (Å²) in [6, 6.07) is 1.73. The van der Waals surface area contributed by atoms with Gasteiger partial charge in [0.2, 0.25) is 17.5 Å². The number of hydrogen-bond donors (Lipinski definition) is 0. The smallest absolute Gasteiger partial charge is 0.240 e. The van der Waals surface area contributed by atoms with Crippen LogP contribution in [-0.2, 0) is 6.42 Å². The molecule has 0 aliphatic heterocycles. The lowest BCUT2D eigenvalue weighted by molar-refractivity contribution is 0.383. The predicted molar refractivity (Wildman–Crippen MR) is 49.7 cm³/mol. The lowest BCUT2D eigenvalue weighted by Crippen LogP contribution is -1.90. The van der Waals surface area contributed by atoms with Gasteiger partial charge in [0, 0.05) is 24.7 Å². The first-order chi connectivity index (χ1) is 6.90. The Morgan fingerprint density at radius 3 is 2.71 bits per heavy atom. The molecule has 0 saturated heterocycles. The monoisotopic (exact) mass is 210 g/mol. The maximum atomic E-state index is 5.53. The average Bonchev–Trinajstić information content (AvgIpc) is 2.68. The second-order valence-electron chi connectivity index (χ2n) is 2.52. The van der Waals surface area contributed by atoms with E-state index >= 15 is 0 Å². The Morgan fingerprint density at radius 2 is 2.00 bits per heavy atom. The minimum atomic E-state index is 0.394. The van der Waals surface area contributed by atoms with Crippen molar-refractivity contribution < 1.29 is 4.52 Å². The fourth-order valence-electron chi connectivity index (χ4n) is 0.943. The molecule has 72 valence electrons. The van der Waals surface area contributed by atoms with E-state index in [0.29, 0.717) is 29.8 Å². The van der Waals surface area contributed by atoms with Crippen LogP contribution in [0.3, 0.4) is 0 Å². The van der Waals surface area contributed by atoms with Gasteiger partial charge in [-0.25, -0.2) is 9.97 Å². The minimum absolute atomic E-state index is 0.394. The Kier molecular flexibility index (Phi) is 2.69. The first kappa shape index (κ1) is 9.08. The maximum absolute atomic E-state index is 5.53. The van der Waals surface area contributed by atoms with E-state index in [2.05, 4.69) is 20.1 Å². The Bertz CT molecular complexity index is 403. The zero-order valence-electron chi connectivity index (χ0n) is 7.22. The number of aryl methyl sites for hydroxylation is 1. The number of alkyl halides is 1. The Balaban J connectivity index is 2.25. The molecule has 0 saturated carbocycles. The molecule has 0 radical (unpaired) electrons. The van der Waals surface area contributed by atoms with Gasteiger partial charge < -0.3 is 4.52 Å². The van der Waals surface area contributed by atoms with Crippen LogP contribution in [0.5, 0.6) is 0 Å². The summed E-state index contributed by atoms with van der Waals surface area (Å²) in [6.45, 7) is 0. The summed E-state index contributed by atoms with van der Waals surface area (Å²) in [7, 11) is 0.